The van der Waals surface area contributed by atoms with Crippen LogP contribution in [0.15, 0.2) is 22.7 Å². The zero-order valence-electron chi connectivity index (χ0n) is 14.3. The lowest BCUT2D eigenvalue weighted by molar-refractivity contribution is 0.195. The van der Waals surface area contributed by atoms with Gasteiger partial charge in [0.2, 0.25) is 0 Å². The Kier molecular flexibility index (Phi) is 5.03. The molecule has 3 rings (SSSR count). The Morgan fingerprint density at radius 2 is 2.08 bits per heavy atom. The second-order valence-electron chi connectivity index (χ2n) is 5.84. The van der Waals surface area contributed by atoms with Crippen molar-refractivity contribution < 1.29 is 18.8 Å². The average Bonchev–Trinajstić information content (AvgIpc) is 3.23. The van der Waals surface area contributed by atoms with Gasteiger partial charge in [0, 0.05) is 18.7 Å². The highest BCUT2D eigenvalue weighted by atomic mass is 35.5. The van der Waals surface area contributed by atoms with Gasteiger partial charge in [-0.2, -0.15) is 0 Å². The molecule has 1 atom stereocenters. The van der Waals surface area contributed by atoms with Crippen LogP contribution in [0.5, 0.6) is 11.5 Å². The van der Waals surface area contributed by atoms with Crippen molar-refractivity contribution in [3.63, 3.8) is 0 Å². The van der Waals surface area contributed by atoms with Crippen molar-refractivity contribution in [1.29, 1.82) is 0 Å². The number of ether oxygens (including phenoxy) is 2. The minimum absolute atomic E-state index is 0.124. The molecule has 134 valence electrons. The van der Waals surface area contributed by atoms with Crippen molar-refractivity contribution in [2.75, 3.05) is 26.1 Å². The Hall–Kier alpha value is -2.41. The number of halogens is 1. The monoisotopic (exact) mass is 365 g/mol. The van der Waals surface area contributed by atoms with E-state index in [0.717, 1.165) is 18.5 Å². The van der Waals surface area contributed by atoms with Gasteiger partial charge >= 0.3 is 6.03 Å². The van der Waals surface area contributed by atoms with E-state index in [4.69, 9.17) is 25.6 Å². The van der Waals surface area contributed by atoms with E-state index in [1.807, 2.05) is 13.0 Å². The molecule has 8 heteroatoms. The number of nitrogens with zero attached hydrogens (tertiary/aromatic N) is 2. The van der Waals surface area contributed by atoms with E-state index in [9.17, 15) is 4.79 Å². The summed E-state index contributed by atoms with van der Waals surface area (Å²) in [5.41, 5.74) is 1.28. The van der Waals surface area contributed by atoms with Crippen LogP contribution in [0.4, 0.5) is 10.5 Å². The van der Waals surface area contributed by atoms with E-state index in [0.29, 0.717) is 34.5 Å². The van der Waals surface area contributed by atoms with Gasteiger partial charge in [0.05, 0.1) is 36.7 Å². The Morgan fingerprint density at radius 1 is 1.32 bits per heavy atom. The molecule has 1 aliphatic heterocycles. The number of benzene rings is 1. The molecule has 1 fully saturated rings. The van der Waals surface area contributed by atoms with E-state index in [2.05, 4.69) is 10.5 Å². The van der Waals surface area contributed by atoms with Crippen molar-refractivity contribution in [2.45, 2.75) is 25.8 Å². The molecule has 1 aromatic heterocycles. The highest BCUT2D eigenvalue weighted by Crippen LogP contribution is 2.37. The quantitative estimate of drug-likeness (QED) is 0.885. The number of rotatable bonds is 4. The molecule has 0 radical (unpaired) electrons. The van der Waals surface area contributed by atoms with Crippen molar-refractivity contribution in [2.24, 2.45) is 0 Å². The molecule has 25 heavy (non-hydrogen) atoms. The molecule has 0 aliphatic carbocycles. The van der Waals surface area contributed by atoms with E-state index < -0.39 is 0 Å². The summed E-state index contributed by atoms with van der Waals surface area (Å²) in [6, 6.07) is 4.75. The molecule has 1 saturated heterocycles. The molecule has 2 aromatic rings. The third kappa shape index (κ3) is 3.51. The summed E-state index contributed by atoms with van der Waals surface area (Å²) in [5.74, 6) is 1.65. The van der Waals surface area contributed by atoms with Crippen LogP contribution < -0.4 is 14.8 Å². The number of hydrogen-bond acceptors (Lipinski definition) is 5. The molecule has 0 saturated carbocycles. The maximum atomic E-state index is 12.8. The number of methoxy groups -OCH3 is 2. The molecular formula is C17H20ClN3O4. The summed E-state index contributed by atoms with van der Waals surface area (Å²) in [4.78, 5) is 14.5. The number of nitrogens with one attached hydrogen (secondary N) is 1. The van der Waals surface area contributed by atoms with Gasteiger partial charge in [-0.3, -0.25) is 0 Å². The van der Waals surface area contributed by atoms with Crippen molar-refractivity contribution in [3.05, 3.63) is 34.7 Å². The highest BCUT2D eigenvalue weighted by Gasteiger charge is 2.33. The molecule has 1 aliphatic rings. The highest BCUT2D eigenvalue weighted by molar-refractivity contribution is 6.32. The number of aryl methyl sites for hydroxylation is 1. The second kappa shape index (κ2) is 7.23. The van der Waals surface area contributed by atoms with Gasteiger partial charge in [0.1, 0.15) is 11.5 Å². The van der Waals surface area contributed by atoms with Crippen molar-refractivity contribution >= 4 is 23.3 Å². The smallest absolute Gasteiger partial charge is 0.322 e. The van der Waals surface area contributed by atoms with Crippen LogP contribution in [0.3, 0.4) is 0 Å². The molecule has 7 nitrogen and oxygen atoms in total. The number of hydrogen-bond donors (Lipinski definition) is 1. The zero-order valence-corrected chi connectivity index (χ0v) is 15.1. The largest absolute Gasteiger partial charge is 0.495 e. The Labute approximate surface area is 150 Å². The van der Waals surface area contributed by atoms with Gasteiger partial charge in [0.15, 0.2) is 5.76 Å². The van der Waals surface area contributed by atoms with Crippen LogP contribution in [-0.2, 0) is 0 Å². The first-order chi connectivity index (χ1) is 12.0. The molecule has 2 amide bonds. The molecule has 1 unspecified atom stereocenters. The van der Waals surface area contributed by atoms with Gasteiger partial charge < -0.3 is 24.2 Å². The molecular weight excluding hydrogens is 346 g/mol. The summed E-state index contributed by atoms with van der Waals surface area (Å²) < 4.78 is 15.8. The summed E-state index contributed by atoms with van der Waals surface area (Å²) in [6.45, 7) is 2.50. The van der Waals surface area contributed by atoms with E-state index in [1.54, 1.807) is 17.0 Å². The Morgan fingerprint density at radius 3 is 2.72 bits per heavy atom. The number of carbonyl (C=O) groups excluding carboxylic acids is 1. The Bertz CT molecular complexity index is 777. The topological polar surface area (TPSA) is 76.8 Å². The first kappa shape index (κ1) is 17.4. The predicted molar refractivity (Wildman–Crippen MR) is 93.5 cm³/mol. The molecule has 2 heterocycles. The SMILES string of the molecule is COc1cc(OC)c(NC(=O)N2CCCC2c2cc(C)no2)cc1Cl. The number of aromatic nitrogens is 1. The summed E-state index contributed by atoms with van der Waals surface area (Å²) in [7, 11) is 3.04. The van der Waals surface area contributed by atoms with Crippen LogP contribution in [0, 0.1) is 6.92 Å². The predicted octanol–water partition coefficient (Wildman–Crippen LogP) is 4.02. The lowest BCUT2D eigenvalue weighted by Gasteiger charge is -2.23. The number of amides is 2. The van der Waals surface area contributed by atoms with Gasteiger partial charge in [-0.05, 0) is 25.8 Å². The lowest BCUT2D eigenvalue weighted by Crippen LogP contribution is -2.34. The first-order valence-electron chi connectivity index (χ1n) is 7.96. The van der Waals surface area contributed by atoms with E-state index >= 15 is 0 Å². The number of carbonyl (C=O) groups is 1. The van der Waals surface area contributed by atoms with Crippen LogP contribution in [0.2, 0.25) is 5.02 Å². The summed E-state index contributed by atoms with van der Waals surface area (Å²) in [5, 5.41) is 7.17. The summed E-state index contributed by atoms with van der Waals surface area (Å²) in [6.07, 6.45) is 1.74. The maximum absolute atomic E-state index is 12.8. The molecule has 0 bridgehead atoms. The summed E-state index contributed by atoms with van der Waals surface area (Å²) >= 11 is 6.16. The molecule has 1 N–H and O–H groups in total. The van der Waals surface area contributed by atoms with Crippen molar-refractivity contribution in [1.82, 2.24) is 10.1 Å². The van der Waals surface area contributed by atoms with Gasteiger partial charge in [-0.1, -0.05) is 16.8 Å². The van der Waals surface area contributed by atoms with Gasteiger partial charge in [-0.25, -0.2) is 4.79 Å². The third-order valence-corrected chi connectivity index (χ3v) is 4.50. The molecule has 0 spiro atoms. The first-order valence-corrected chi connectivity index (χ1v) is 8.33. The second-order valence-corrected chi connectivity index (χ2v) is 6.25. The Balaban J connectivity index is 1.81. The molecule has 1 aromatic carbocycles. The van der Waals surface area contributed by atoms with Crippen molar-refractivity contribution in [3.8, 4) is 11.5 Å². The number of likely N-dealkylation sites (tertiary alicyclic amines) is 1. The number of urea groups is 1. The van der Waals surface area contributed by atoms with E-state index in [1.165, 1.54) is 14.2 Å². The van der Waals surface area contributed by atoms with Crippen LogP contribution in [-0.4, -0.2) is 36.9 Å². The third-order valence-electron chi connectivity index (χ3n) is 4.20. The van der Waals surface area contributed by atoms with Gasteiger partial charge in [0.25, 0.3) is 0 Å². The zero-order chi connectivity index (χ0) is 18.0. The van der Waals surface area contributed by atoms with Crippen LogP contribution in [0.25, 0.3) is 0 Å². The lowest BCUT2D eigenvalue weighted by atomic mass is 10.1. The fourth-order valence-corrected chi connectivity index (χ4v) is 3.23. The van der Waals surface area contributed by atoms with Gasteiger partial charge in [-0.15, -0.1) is 0 Å². The normalized spacial score (nSPS) is 16.8. The fourth-order valence-electron chi connectivity index (χ4n) is 2.99. The number of anilines is 1. The van der Waals surface area contributed by atoms with Crippen LogP contribution >= 0.6 is 11.6 Å². The van der Waals surface area contributed by atoms with Crippen LogP contribution in [0.1, 0.15) is 30.3 Å². The minimum atomic E-state index is -0.240. The maximum Gasteiger partial charge on any atom is 0.322 e. The fraction of sp³-hybridized carbons (Fsp3) is 0.412. The average molecular weight is 366 g/mol. The van der Waals surface area contributed by atoms with E-state index in [-0.39, 0.29) is 12.1 Å². The minimum Gasteiger partial charge on any atom is -0.495 e. The standard InChI is InChI=1S/C17H20ClN3O4/c1-10-7-16(25-20-10)13-5-4-6-21(13)17(22)19-12-8-11(18)14(23-2)9-15(12)24-3/h7-9,13H,4-6H2,1-3H3,(H,19,22).